The molecule has 0 saturated carbocycles. The molecule has 1 aromatic rings. The summed E-state index contributed by atoms with van der Waals surface area (Å²) in [5, 5.41) is 14.5. The second-order valence-electron chi connectivity index (χ2n) is 9.56. The minimum absolute atomic E-state index is 0.00327. The summed E-state index contributed by atoms with van der Waals surface area (Å²) < 4.78 is 5.65. The largest absolute Gasteiger partial charge is 0.349 e. The molecule has 0 aliphatic heterocycles. The van der Waals surface area contributed by atoms with E-state index in [0.29, 0.717) is 39.6 Å². The number of aliphatic hydroxyl groups is 1. The van der Waals surface area contributed by atoms with Crippen LogP contribution in [0.15, 0.2) is 0 Å². The standard InChI is InChI=1S/C28H56N6O7/c1-7-13-19-36-28(35)32(37-20-14-8-2)25-29-26(33(38-21-15-9-3)39-22-16-10-4)31-27(30-25)34(40-23-17-11-5)41-24-18-12-6/h28,35H,7-24H2,1-6H3. The van der Waals surface area contributed by atoms with Gasteiger partial charge in [-0.2, -0.15) is 20.0 Å². The highest BCUT2D eigenvalue weighted by atomic mass is 17.0. The smallest absolute Gasteiger partial charge is 0.284 e. The fourth-order valence-corrected chi connectivity index (χ4v) is 3.01. The minimum atomic E-state index is -1.45. The molecule has 13 heteroatoms. The van der Waals surface area contributed by atoms with E-state index in [2.05, 4.69) is 49.6 Å². The molecule has 41 heavy (non-hydrogen) atoms. The summed E-state index contributed by atoms with van der Waals surface area (Å²) in [6, 6.07) is 0. The maximum absolute atomic E-state index is 11.0. The Morgan fingerprint density at radius 1 is 0.488 bits per heavy atom. The van der Waals surface area contributed by atoms with E-state index in [1.165, 1.54) is 10.5 Å². The van der Waals surface area contributed by atoms with Crippen LogP contribution in [0.2, 0.25) is 0 Å². The Bertz CT molecular complexity index is 690. The molecule has 13 nitrogen and oxygen atoms in total. The van der Waals surface area contributed by atoms with Gasteiger partial charge in [-0.05, 0) is 38.5 Å². The van der Waals surface area contributed by atoms with Crippen molar-refractivity contribution in [1.82, 2.24) is 15.0 Å². The summed E-state index contributed by atoms with van der Waals surface area (Å²) in [6.45, 7) is 14.7. The van der Waals surface area contributed by atoms with Crippen LogP contribution in [0.1, 0.15) is 119 Å². The zero-order valence-corrected chi connectivity index (χ0v) is 26.4. The average molecular weight is 589 g/mol. The second-order valence-corrected chi connectivity index (χ2v) is 9.56. The van der Waals surface area contributed by atoms with Crippen molar-refractivity contribution in [3.63, 3.8) is 0 Å². The lowest BCUT2D eigenvalue weighted by atomic mass is 10.4. The van der Waals surface area contributed by atoms with Gasteiger partial charge in [0.15, 0.2) is 0 Å². The molecule has 1 heterocycles. The topological polar surface area (TPSA) is 124 Å². The molecular formula is C28H56N6O7. The third-order valence-electron chi connectivity index (χ3n) is 5.64. The lowest BCUT2D eigenvalue weighted by Crippen LogP contribution is -2.40. The van der Waals surface area contributed by atoms with Gasteiger partial charge in [-0.1, -0.05) is 90.5 Å². The Labute approximate surface area is 247 Å². The van der Waals surface area contributed by atoms with E-state index >= 15 is 0 Å². The van der Waals surface area contributed by atoms with Crippen molar-refractivity contribution in [1.29, 1.82) is 0 Å². The van der Waals surface area contributed by atoms with Crippen molar-refractivity contribution < 1.29 is 34.0 Å². The number of rotatable bonds is 28. The van der Waals surface area contributed by atoms with Gasteiger partial charge < -0.3 is 9.84 Å². The molecule has 1 rings (SSSR count). The molecule has 0 bridgehead atoms. The van der Waals surface area contributed by atoms with E-state index in [-0.39, 0.29) is 17.8 Å². The number of nitrogens with zero attached hydrogens (tertiary/aromatic N) is 6. The Hall–Kier alpha value is -1.87. The summed E-state index contributed by atoms with van der Waals surface area (Å²) in [5.41, 5.74) is 0. The zero-order chi connectivity index (χ0) is 30.1. The lowest BCUT2D eigenvalue weighted by molar-refractivity contribution is -0.155. The van der Waals surface area contributed by atoms with Crippen LogP contribution in [0.25, 0.3) is 0 Å². The number of hydrogen-bond donors (Lipinski definition) is 1. The van der Waals surface area contributed by atoms with E-state index in [1.54, 1.807) is 0 Å². The van der Waals surface area contributed by atoms with Crippen LogP contribution < -0.4 is 15.5 Å². The molecule has 1 unspecified atom stereocenters. The van der Waals surface area contributed by atoms with Gasteiger partial charge in [0.1, 0.15) is 0 Å². The maximum atomic E-state index is 11.0. The quantitative estimate of drug-likeness (QED) is 0.0695. The van der Waals surface area contributed by atoms with E-state index in [4.69, 9.17) is 28.9 Å². The van der Waals surface area contributed by atoms with Gasteiger partial charge in [-0.25, -0.2) is 19.4 Å². The normalized spacial score (nSPS) is 12.1. The lowest BCUT2D eigenvalue weighted by Gasteiger charge is -2.29. The van der Waals surface area contributed by atoms with Gasteiger partial charge in [0.2, 0.25) is 0 Å². The Kier molecular flexibility index (Phi) is 22.4. The van der Waals surface area contributed by atoms with Crippen LogP contribution >= 0.6 is 0 Å². The Morgan fingerprint density at radius 3 is 1.17 bits per heavy atom. The zero-order valence-electron chi connectivity index (χ0n) is 26.4. The molecule has 0 saturated heterocycles. The van der Waals surface area contributed by atoms with Crippen LogP contribution in [0.5, 0.6) is 0 Å². The van der Waals surface area contributed by atoms with Gasteiger partial charge in [0.25, 0.3) is 24.3 Å². The van der Waals surface area contributed by atoms with Gasteiger partial charge in [-0.15, -0.1) is 0 Å². The highest BCUT2D eigenvalue weighted by Crippen LogP contribution is 2.23. The van der Waals surface area contributed by atoms with E-state index in [9.17, 15) is 5.11 Å². The van der Waals surface area contributed by atoms with E-state index in [1.807, 2.05) is 6.92 Å². The van der Waals surface area contributed by atoms with Crippen LogP contribution in [-0.2, 0) is 28.9 Å². The molecule has 0 spiro atoms. The third-order valence-corrected chi connectivity index (χ3v) is 5.64. The molecule has 1 atom stereocenters. The Balaban J connectivity index is 3.56. The first-order chi connectivity index (χ1) is 20.1. The molecule has 0 amide bonds. The van der Waals surface area contributed by atoms with Crippen molar-refractivity contribution in [2.24, 2.45) is 0 Å². The summed E-state index contributed by atoms with van der Waals surface area (Å²) in [4.78, 5) is 43.4. The maximum Gasteiger partial charge on any atom is 0.284 e. The number of hydrogen-bond acceptors (Lipinski definition) is 13. The predicted molar refractivity (Wildman–Crippen MR) is 158 cm³/mol. The highest BCUT2D eigenvalue weighted by molar-refractivity contribution is 5.41. The van der Waals surface area contributed by atoms with Crippen molar-refractivity contribution >= 4 is 17.8 Å². The first-order valence-electron chi connectivity index (χ1n) is 15.7. The van der Waals surface area contributed by atoms with Gasteiger partial charge in [-0.3, -0.25) is 4.84 Å². The van der Waals surface area contributed by atoms with Crippen molar-refractivity contribution in [2.45, 2.75) is 125 Å². The van der Waals surface area contributed by atoms with Gasteiger partial charge in [0.05, 0.1) is 39.6 Å². The molecule has 240 valence electrons. The number of hydroxylamine groups is 1. The average Bonchev–Trinajstić information content (AvgIpc) is 2.98. The van der Waals surface area contributed by atoms with Crippen LogP contribution in [0.3, 0.4) is 0 Å². The molecule has 0 aliphatic rings. The fraction of sp³-hybridized carbons (Fsp3) is 0.893. The first-order valence-corrected chi connectivity index (χ1v) is 15.7. The number of aromatic nitrogens is 3. The van der Waals surface area contributed by atoms with Crippen molar-refractivity contribution in [3.8, 4) is 0 Å². The SMILES string of the molecule is CCCCOC(O)N(OCCCC)c1nc(N(OCCCC)OCCCC)nc(N(OCCCC)OCCCC)n1. The Morgan fingerprint density at radius 2 is 0.805 bits per heavy atom. The van der Waals surface area contributed by atoms with E-state index < -0.39 is 6.41 Å². The molecular weight excluding hydrogens is 532 g/mol. The first kappa shape index (κ1) is 37.2. The number of unbranched alkanes of at least 4 members (excludes halogenated alkanes) is 6. The monoisotopic (exact) mass is 588 g/mol. The molecule has 0 aromatic carbocycles. The molecule has 0 radical (unpaired) electrons. The third kappa shape index (κ3) is 15.8. The highest BCUT2D eigenvalue weighted by Gasteiger charge is 2.27. The van der Waals surface area contributed by atoms with Crippen LogP contribution in [-0.4, -0.2) is 66.1 Å². The molecule has 1 aromatic heterocycles. The van der Waals surface area contributed by atoms with Crippen LogP contribution in [0, 0.1) is 0 Å². The van der Waals surface area contributed by atoms with Gasteiger partial charge >= 0.3 is 0 Å². The fourth-order valence-electron chi connectivity index (χ4n) is 3.01. The summed E-state index contributed by atoms with van der Waals surface area (Å²) >= 11 is 0. The number of anilines is 3. The second kappa shape index (κ2) is 24.7. The number of ether oxygens (including phenoxy) is 1. The number of aliphatic hydroxyl groups excluding tert-OH is 1. The van der Waals surface area contributed by atoms with E-state index in [0.717, 1.165) is 82.1 Å². The molecule has 1 N–H and O–H groups in total. The summed E-state index contributed by atoms with van der Waals surface area (Å²) in [6.07, 6.45) is 8.98. The van der Waals surface area contributed by atoms with Crippen LogP contribution in [0.4, 0.5) is 17.8 Å². The summed E-state index contributed by atoms with van der Waals surface area (Å²) in [5.74, 6) is 0.118. The van der Waals surface area contributed by atoms with Gasteiger partial charge in [0, 0.05) is 0 Å². The molecule has 0 fully saturated rings. The molecule has 0 aliphatic carbocycles. The summed E-state index contributed by atoms with van der Waals surface area (Å²) in [7, 11) is 0. The predicted octanol–water partition coefficient (Wildman–Crippen LogP) is 6.04. The minimum Gasteiger partial charge on any atom is -0.349 e. The van der Waals surface area contributed by atoms with Crippen molar-refractivity contribution in [3.05, 3.63) is 0 Å². The van der Waals surface area contributed by atoms with Crippen molar-refractivity contribution in [2.75, 3.05) is 55.2 Å².